The van der Waals surface area contributed by atoms with E-state index in [4.69, 9.17) is 46.4 Å². The fourth-order valence-corrected chi connectivity index (χ4v) is 7.35. The van der Waals surface area contributed by atoms with Crippen molar-refractivity contribution in [3.8, 4) is 12.1 Å². The zero-order chi connectivity index (χ0) is 27.4. The number of carbonyl (C=O) groups excluding carboxylic acids is 1. The summed E-state index contributed by atoms with van der Waals surface area (Å²) in [5.41, 5.74) is 4.86. The van der Waals surface area contributed by atoms with Crippen molar-refractivity contribution in [2.45, 2.75) is 87.7 Å². The van der Waals surface area contributed by atoms with Gasteiger partial charge in [0, 0.05) is 35.8 Å². The Morgan fingerprint density at radius 3 is 1.44 bits per heavy atom. The zero-order valence-corrected chi connectivity index (χ0v) is 24.7. The van der Waals surface area contributed by atoms with Crippen LogP contribution in [0, 0.1) is 46.3 Å². The molecule has 2 aliphatic rings. The van der Waals surface area contributed by atoms with Crippen LogP contribution in [-0.4, -0.2) is 14.4 Å². The predicted molar refractivity (Wildman–Crippen MR) is 151 cm³/mol. The summed E-state index contributed by atoms with van der Waals surface area (Å²) in [7, 11) is 0. The van der Waals surface area contributed by atoms with Crippen LogP contribution in [0.4, 0.5) is 0 Å². The number of allylic oxidation sites excluding steroid dienone is 6. The lowest BCUT2D eigenvalue weighted by atomic mass is 9.64. The number of nitrogens with zero attached hydrogens (tertiary/aromatic N) is 2. The van der Waals surface area contributed by atoms with E-state index in [1.165, 1.54) is 0 Å². The smallest absolute Gasteiger partial charge is 0.185 e. The van der Waals surface area contributed by atoms with Gasteiger partial charge in [0.1, 0.15) is 8.67 Å². The molecule has 0 aromatic rings. The third-order valence-corrected chi connectivity index (χ3v) is 9.51. The molecule has 0 N–H and O–H groups in total. The second kappa shape index (κ2) is 12.5. The van der Waals surface area contributed by atoms with Crippen molar-refractivity contribution in [2.24, 2.45) is 23.7 Å². The first-order valence-electron chi connectivity index (χ1n) is 12.5. The summed E-state index contributed by atoms with van der Waals surface area (Å²) in [6, 6.07) is 4.25. The van der Waals surface area contributed by atoms with Crippen molar-refractivity contribution < 1.29 is 4.79 Å². The summed E-state index contributed by atoms with van der Waals surface area (Å²) in [5.74, 6) is -1.37. The van der Waals surface area contributed by atoms with Crippen LogP contribution in [0.25, 0.3) is 0 Å². The van der Waals surface area contributed by atoms with Crippen molar-refractivity contribution in [2.75, 3.05) is 0 Å². The fourth-order valence-electron chi connectivity index (χ4n) is 5.92. The molecule has 36 heavy (non-hydrogen) atoms. The predicted octanol–water partition coefficient (Wildman–Crippen LogP) is 9.35. The number of hydrogen-bond donors (Lipinski definition) is 0. The van der Waals surface area contributed by atoms with Gasteiger partial charge < -0.3 is 0 Å². The van der Waals surface area contributed by atoms with E-state index < -0.39 is 20.5 Å². The second-order valence-corrected chi connectivity index (χ2v) is 13.6. The van der Waals surface area contributed by atoms with Gasteiger partial charge in [0.2, 0.25) is 0 Å². The van der Waals surface area contributed by atoms with Crippen LogP contribution in [0.3, 0.4) is 0 Å². The van der Waals surface area contributed by atoms with E-state index in [0.29, 0.717) is 11.1 Å². The van der Waals surface area contributed by atoms with Gasteiger partial charge in [0.25, 0.3) is 0 Å². The molecule has 7 heteroatoms. The lowest BCUT2D eigenvalue weighted by Gasteiger charge is -2.45. The van der Waals surface area contributed by atoms with Gasteiger partial charge in [-0.15, -0.1) is 46.4 Å². The number of rotatable bonds is 10. The minimum atomic E-state index is -1.32. The van der Waals surface area contributed by atoms with Crippen molar-refractivity contribution in [3.63, 3.8) is 0 Å². The average Bonchev–Trinajstić information content (AvgIpc) is 2.80. The number of alkyl halides is 4. The molecular weight excluding hydrogens is 534 g/mol. The van der Waals surface area contributed by atoms with E-state index in [-0.39, 0.29) is 43.3 Å². The molecule has 196 valence electrons. The Morgan fingerprint density at radius 2 is 1.17 bits per heavy atom. The van der Waals surface area contributed by atoms with Crippen LogP contribution >= 0.6 is 46.4 Å². The van der Waals surface area contributed by atoms with Gasteiger partial charge in [-0.2, -0.15) is 10.5 Å². The first-order valence-corrected chi connectivity index (χ1v) is 14.0. The molecule has 0 fully saturated rings. The summed E-state index contributed by atoms with van der Waals surface area (Å²) < 4.78 is -2.64. The second-order valence-electron chi connectivity index (χ2n) is 10.5. The van der Waals surface area contributed by atoms with Crippen molar-refractivity contribution in [3.05, 3.63) is 46.6 Å². The number of halogens is 4. The number of Topliss-reactive ketones (excluding diaryl/α,β-unsaturated/α-hetero) is 1. The molecule has 0 radical (unpaired) electrons. The van der Waals surface area contributed by atoms with Crippen LogP contribution in [0.15, 0.2) is 46.6 Å². The number of ketones is 1. The molecule has 3 nitrogen and oxygen atoms in total. The molecule has 0 spiro atoms. The quantitative estimate of drug-likeness (QED) is 0.194. The van der Waals surface area contributed by atoms with Crippen molar-refractivity contribution in [1.82, 2.24) is 0 Å². The Kier molecular flexibility index (Phi) is 10.8. The molecule has 2 unspecified atom stereocenters. The fraction of sp³-hybridized carbons (Fsp3) is 0.621. The van der Waals surface area contributed by atoms with Crippen LogP contribution < -0.4 is 0 Å². The van der Waals surface area contributed by atoms with Gasteiger partial charge >= 0.3 is 0 Å². The summed E-state index contributed by atoms with van der Waals surface area (Å²) in [5, 5.41) is 18.4. The third-order valence-electron chi connectivity index (χ3n) is 7.81. The minimum absolute atomic E-state index is 0.100. The summed E-state index contributed by atoms with van der Waals surface area (Å²) in [6.07, 6.45) is 3.83. The van der Waals surface area contributed by atoms with Crippen LogP contribution in [-0.2, 0) is 4.79 Å². The monoisotopic (exact) mass is 568 g/mol. The SMILES string of the molecule is C=C(C)[C@@H]1CCC(C)=C(C(=O)C2=C(C)CC[C@@H](C(=C)C)C2C(Cl)(Cl)CCC#N)C1C(Cl)(Cl)CCC#N. The number of hydrogen-bond acceptors (Lipinski definition) is 3. The largest absolute Gasteiger partial charge is 0.289 e. The van der Waals surface area contributed by atoms with E-state index >= 15 is 0 Å². The molecule has 0 saturated carbocycles. The Hall–Kier alpha value is -1.23. The Bertz CT molecular complexity index is 972. The zero-order valence-electron chi connectivity index (χ0n) is 21.7. The van der Waals surface area contributed by atoms with Crippen molar-refractivity contribution in [1.29, 1.82) is 10.5 Å². The standard InChI is InChI=1S/C29H36Cl4N2O/c1-17(2)21-11-9-19(5)23(25(21)28(30,31)13-7-15-34)27(36)24-20(6)10-12-22(18(3)4)26(24)29(32,33)14-8-16-35/h21-22,25-26H,1,3,7-14H2,2,4-6H3/t21-,22-,25?,26?/m0/s1. The molecule has 0 saturated heterocycles. The third kappa shape index (κ3) is 6.60. The Labute approximate surface area is 236 Å². The lowest BCUT2D eigenvalue weighted by Crippen LogP contribution is -2.44. The topological polar surface area (TPSA) is 64.7 Å². The molecule has 0 aromatic carbocycles. The highest BCUT2D eigenvalue weighted by atomic mass is 35.5. The first-order chi connectivity index (χ1) is 16.7. The van der Waals surface area contributed by atoms with Gasteiger partial charge in [0.05, 0.1) is 12.1 Å². The number of nitriles is 2. The number of carbonyl (C=O) groups is 1. The molecule has 2 rings (SSSR count). The average molecular weight is 570 g/mol. The molecule has 0 aromatic heterocycles. The maximum Gasteiger partial charge on any atom is 0.185 e. The van der Waals surface area contributed by atoms with E-state index in [2.05, 4.69) is 25.3 Å². The molecule has 4 atom stereocenters. The lowest BCUT2D eigenvalue weighted by molar-refractivity contribution is -0.114. The molecule has 0 heterocycles. The highest BCUT2D eigenvalue weighted by Crippen LogP contribution is 2.55. The van der Waals surface area contributed by atoms with Crippen molar-refractivity contribution >= 4 is 52.2 Å². The van der Waals surface area contributed by atoms with Crippen LogP contribution in [0.2, 0.25) is 0 Å². The van der Waals surface area contributed by atoms with Gasteiger partial charge in [-0.05, 0) is 78.1 Å². The Balaban J connectivity index is 2.74. The summed E-state index contributed by atoms with van der Waals surface area (Å²) in [6.45, 7) is 16.1. The van der Waals surface area contributed by atoms with E-state index in [1.807, 2.05) is 27.7 Å². The van der Waals surface area contributed by atoms with Crippen LogP contribution in [0.5, 0.6) is 0 Å². The molecule has 2 aliphatic carbocycles. The van der Waals surface area contributed by atoms with E-state index in [9.17, 15) is 15.3 Å². The molecule has 0 aliphatic heterocycles. The maximum absolute atomic E-state index is 14.6. The summed E-state index contributed by atoms with van der Waals surface area (Å²) in [4.78, 5) is 14.6. The van der Waals surface area contributed by atoms with Gasteiger partial charge in [-0.1, -0.05) is 35.5 Å². The van der Waals surface area contributed by atoms with Gasteiger partial charge in [-0.3, -0.25) is 4.79 Å². The van der Waals surface area contributed by atoms with E-state index in [0.717, 1.165) is 48.0 Å². The van der Waals surface area contributed by atoms with Gasteiger partial charge in [-0.25, -0.2) is 0 Å². The molecular formula is C29H36Cl4N2O. The summed E-state index contributed by atoms with van der Waals surface area (Å²) >= 11 is 27.8. The van der Waals surface area contributed by atoms with Gasteiger partial charge in [0.15, 0.2) is 5.78 Å². The highest BCUT2D eigenvalue weighted by Gasteiger charge is 2.51. The maximum atomic E-state index is 14.6. The first kappa shape index (κ1) is 31.0. The molecule has 0 bridgehead atoms. The Morgan fingerprint density at radius 1 is 0.833 bits per heavy atom. The van der Waals surface area contributed by atoms with Crippen LogP contribution in [0.1, 0.15) is 79.1 Å². The van der Waals surface area contributed by atoms with E-state index in [1.54, 1.807) is 0 Å². The normalized spacial score (nSPS) is 25.3. The highest BCUT2D eigenvalue weighted by molar-refractivity contribution is 6.50. The minimum Gasteiger partial charge on any atom is -0.289 e. The molecule has 0 amide bonds.